The molecular weight excluding hydrogens is 238 g/mol. The SMILES string of the molecule is CC(N)CC(=O)Nc1cc(Cl)ccc1N(C)C. The van der Waals surface area contributed by atoms with Crippen molar-refractivity contribution in [1.29, 1.82) is 0 Å². The zero-order valence-corrected chi connectivity index (χ0v) is 11.1. The molecule has 0 heterocycles. The summed E-state index contributed by atoms with van der Waals surface area (Å²) in [5, 5.41) is 3.41. The lowest BCUT2D eigenvalue weighted by atomic mass is 10.2. The smallest absolute Gasteiger partial charge is 0.225 e. The summed E-state index contributed by atoms with van der Waals surface area (Å²) in [5.74, 6) is -0.106. The first-order valence-corrected chi connectivity index (χ1v) is 5.80. The highest BCUT2D eigenvalue weighted by Crippen LogP contribution is 2.27. The van der Waals surface area contributed by atoms with Gasteiger partial charge in [0, 0.05) is 31.6 Å². The van der Waals surface area contributed by atoms with E-state index in [0.29, 0.717) is 17.1 Å². The number of benzene rings is 1. The molecule has 0 aliphatic rings. The van der Waals surface area contributed by atoms with Gasteiger partial charge in [-0.25, -0.2) is 0 Å². The minimum absolute atomic E-state index is 0.106. The number of hydrogen-bond acceptors (Lipinski definition) is 3. The Morgan fingerprint density at radius 3 is 2.71 bits per heavy atom. The third-order valence-corrected chi connectivity index (χ3v) is 2.46. The van der Waals surface area contributed by atoms with Crippen LogP contribution in [-0.2, 0) is 4.79 Å². The van der Waals surface area contributed by atoms with Gasteiger partial charge in [0.15, 0.2) is 0 Å². The monoisotopic (exact) mass is 255 g/mol. The molecule has 1 aromatic carbocycles. The quantitative estimate of drug-likeness (QED) is 0.866. The van der Waals surface area contributed by atoms with Crippen LogP contribution in [-0.4, -0.2) is 26.0 Å². The Morgan fingerprint density at radius 1 is 1.53 bits per heavy atom. The van der Waals surface area contributed by atoms with E-state index in [1.807, 2.05) is 25.1 Å². The molecule has 0 radical (unpaired) electrons. The molecule has 1 amide bonds. The molecule has 1 aromatic rings. The third kappa shape index (κ3) is 4.24. The minimum atomic E-state index is -0.156. The van der Waals surface area contributed by atoms with E-state index >= 15 is 0 Å². The number of nitrogens with one attached hydrogen (secondary N) is 1. The zero-order chi connectivity index (χ0) is 13.0. The van der Waals surface area contributed by atoms with E-state index in [4.69, 9.17) is 17.3 Å². The Hall–Kier alpha value is -1.26. The highest BCUT2D eigenvalue weighted by Gasteiger charge is 2.10. The van der Waals surface area contributed by atoms with Crippen molar-refractivity contribution in [1.82, 2.24) is 0 Å². The standard InChI is InChI=1S/C12H18ClN3O/c1-8(14)6-12(17)15-10-7-9(13)4-5-11(10)16(2)3/h4-5,7-8H,6,14H2,1-3H3,(H,15,17). The van der Waals surface area contributed by atoms with Crippen LogP contribution in [0.4, 0.5) is 11.4 Å². The first-order chi connectivity index (χ1) is 7.90. The number of nitrogens with two attached hydrogens (primary N) is 1. The zero-order valence-electron chi connectivity index (χ0n) is 10.3. The van der Waals surface area contributed by atoms with E-state index in [2.05, 4.69) is 5.32 Å². The van der Waals surface area contributed by atoms with Crippen LogP contribution in [0.25, 0.3) is 0 Å². The number of amides is 1. The maximum absolute atomic E-state index is 11.7. The van der Waals surface area contributed by atoms with Gasteiger partial charge in [0.25, 0.3) is 0 Å². The Morgan fingerprint density at radius 2 is 2.18 bits per heavy atom. The van der Waals surface area contributed by atoms with Crippen molar-refractivity contribution in [2.75, 3.05) is 24.3 Å². The molecule has 0 spiro atoms. The summed E-state index contributed by atoms with van der Waals surface area (Å²) in [5.41, 5.74) is 7.19. The second-order valence-corrected chi connectivity index (χ2v) is 4.72. The molecule has 0 saturated carbocycles. The molecule has 0 fully saturated rings. The van der Waals surface area contributed by atoms with Crippen molar-refractivity contribution in [3.63, 3.8) is 0 Å². The average Bonchev–Trinajstić information content (AvgIpc) is 2.15. The number of nitrogens with zero attached hydrogens (tertiary/aromatic N) is 1. The van der Waals surface area contributed by atoms with Crippen LogP contribution in [0.15, 0.2) is 18.2 Å². The molecule has 94 valence electrons. The van der Waals surface area contributed by atoms with E-state index < -0.39 is 0 Å². The van der Waals surface area contributed by atoms with Crippen molar-refractivity contribution in [2.45, 2.75) is 19.4 Å². The largest absolute Gasteiger partial charge is 0.376 e. The number of anilines is 2. The Balaban J connectivity index is 2.88. The molecule has 0 aromatic heterocycles. The van der Waals surface area contributed by atoms with Crippen LogP contribution in [0, 0.1) is 0 Å². The van der Waals surface area contributed by atoms with Gasteiger partial charge in [-0.3, -0.25) is 4.79 Å². The summed E-state index contributed by atoms with van der Waals surface area (Å²) in [6, 6.07) is 5.23. The highest BCUT2D eigenvalue weighted by atomic mass is 35.5. The molecule has 5 heteroatoms. The first-order valence-electron chi connectivity index (χ1n) is 5.42. The van der Waals surface area contributed by atoms with Crippen molar-refractivity contribution in [3.8, 4) is 0 Å². The van der Waals surface area contributed by atoms with Gasteiger partial charge in [0.05, 0.1) is 11.4 Å². The van der Waals surface area contributed by atoms with Crippen molar-refractivity contribution in [2.24, 2.45) is 5.73 Å². The van der Waals surface area contributed by atoms with Crippen molar-refractivity contribution >= 4 is 28.9 Å². The molecule has 0 aliphatic carbocycles. The molecular formula is C12H18ClN3O. The third-order valence-electron chi connectivity index (χ3n) is 2.22. The van der Waals surface area contributed by atoms with E-state index in [-0.39, 0.29) is 11.9 Å². The lowest BCUT2D eigenvalue weighted by Crippen LogP contribution is -2.24. The summed E-state index contributed by atoms with van der Waals surface area (Å²) in [6.07, 6.45) is 0.291. The Kier molecular flexibility index (Phi) is 4.78. The van der Waals surface area contributed by atoms with E-state index in [0.717, 1.165) is 5.69 Å². The van der Waals surface area contributed by atoms with Crippen LogP contribution in [0.1, 0.15) is 13.3 Å². The lowest BCUT2D eigenvalue weighted by Gasteiger charge is -2.18. The summed E-state index contributed by atoms with van der Waals surface area (Å²) in [7, 11) is 3.81. The minimum Gasteiger partial charge on any atom is -0.376 e. The topological polar surface area (TPSA) is 58.4 Å². The number of carbonyl (C=O) groups is 1. The predicted molar refractivity (Wildman–Crippen MR) is 72.7 cm³/mol. The maximum Gasteiger partial charge on any atom is 0.225 e. The van der Waals surface area contributed by atoms with E-state index in [1.165, 1.54) is 0 Å². The summed E-state index contributed by atoms with van der Waals surface area (Å²) in [4.78, 5) is 13.6. The number of halogens is 1. The fourth-order valence-electron chi connectivity index (χ4n) is 1.49. The molecule has 0 aliphatic heterocycles. The summed E-state index contributed by atoms with van der Waals surface area (Å²) in [6.45, 7) is 1.80. The van der Waals surface area contributed by atoms with Crippen LogP contribution < -0.4 is 16.0 Å². The lowest BCUT2D eigenvalue weighted by molar-refractivity contribution is -0.116. The number of rotatable bonds is 4. The first kappa shape index (κ1) is 13.8. The molecule has 1 atom stereocenters. The Bertz CT molecular complexity index is 405. The molecule has 1 unspecified atom stereocenters. The van der Waals surface area contributed by atoms with Gasteiger partial charge in [0.2, 0.25) is 5.91 Å². The number of carbonyl (C=O) groups excluding carboxylic acids is 1. The van der Waals surface area contributed by atoms with Gasteiger partial charge in [-0.05, 0) is 25.1 Å². The molecule has 1 rings (SSSR count). The van der Waals surface area contributed by atoms with Gasteiger partial charge < -0.3 is 16.0 Å². The van der Waals surface area contributed by atoms with Crippen LogP contribution in [0.3, 0.4) is 0 Å². The molecule has 0 saturated heterocycles. The molecule has 3 N–H and O–H groups in total. The summed E-state index contributed by atoms with van der Waals surface area (Å²) >= 11 is 5.92. The van der Waals surface area contributed by atoms with Crippen LogP contribution >= 0.6 is 11.6 Å². The van der Waals surface area contributed by atoms with Crippen LogP contribution in [0.5, 0.6) is 0 Å². The molecule has 17 heavy (non-hydrogen) atoms. The van der Waals surface area contributed by atoms with Gasteiger partial charge in [-0.1, -0.05) is 11.6 Å². The maximum atomic E-state index is 11.7. The van der Waals surface area contributed by atoms with Crippen molar-refractivity contribution < 1.29 is 4.79 Å². The second kappa shape index (κ2) is 5.89. The normalized spacial score (nSPS) is 12.1. The Labute approximate surface area is 107 Å². The highest BCUT2D eigenvalue weighted by molar-refractivity contribution is 6.31. The van der Waals surface area contributed by atoms with Gasteiger partial charge in [-0.15, -0.1) is 0 Å². The van der Waals surface area contributed by atoms with Gasteiger partial charge in [-0.2, -0.15) is 0 Å². The fourth-order valence-corrected chi connectivity index (χ4v) is 1.66. The van der Waals surface area contributed by atoms with Gasteiger partial charge in [0.1, 0.15) is 0 Å². The van der Waals surface area contributed by atoms with Crippen LogP contribution in [0.2, 0.25) is 5.02 Å². The average molecular weight is 256 g/mol. The van der Waals surface area contributed by atoms with E-state index in [9.17, 15) is 4.79 Å². The fraction of sp³-hybridized carbons (Fsp3) is 0.417. The molecule has 4 nitrogen and oxygen atoms in total. The summed E-state index contributed by atoms with van der Waals surface area (Å²) < 4.78 is 0. The van der Waals surface area contributed by atoms with E-state index in [1.54, 1.807) is 19.1 Å². The predicted octanol–water partition coefficient (Wildman–Crippen LogP) is 2.08. The second-order valence-electron chi connectivity index (χ2n) is 4.29. The van der Waals surface area contributed by atoms with Gasteiger partial charge >= 0.3 is 0 Å². The van der Waals surface area contributed by atoms with Crippen molar-refractivity contribution in [3.05, 3.63) is 23.2 Å². The molecule has 0 bridgehead atoms. The number of hydrogen-bond donors (Lipinski definition) is 2.